The number of nitrogens with zero attached hydrogens (tertiary/aromatic N) is 3. The van der Waals surface area contributed by atoms with Crippen molar-refractivity contribution in [3.8, 4) is 0 Å². The molecular formula is C13H21N3O3. The van der Waals surface area contributed by atoms with Crippen LogP contribution in [0.1, 0.15) is 17.0 Å². The van der Waals surface area contributed by atoms with Gasteiger partial charge in [-0.1, -0.05) is 5.16 Å². The second kappa shape index (κ2) is 6.16. The van der Waals surface area contributed by atoms with Gasteiger partial charge in [0.2, 0.25) is 5.91 Å². The van der Waals surface area contributed by atoms with E-state index in [1.807, 2.05) is 18.7 Å². The van der Waals surface area contributed by atoms with E-state index in [4.69, 9.17) is 9.26 Å². The summed E-state index contributed by atoms with van der Waals surface area (Å²) in [7, 11) is 1.55. The number of carbonyl (C=O) groups excluding carboxylic acids is 1. The molecule has 6 nitrogen and oxygen atoms in total. The zero-order valence-electron chi connectivity index (χ0n) is 11.8. The Morgan fingerprint density at radius 3 is 2.53 bits per heavy atom. The molecule has 0 N–H and O–H groups in total. The predicted octanol–water partition coefficient (Wildman–Crippen LogP) is 0.582. The van der Waals surface area contributed by atoms with E-state index in [-0.39, 0.29) is 12.5 Å². The molecule has 1 aromatic rings. The Morgan fingerprint density at radius 1 is 1.32 bits per heavy atom. The van der Waals surface area contributed by atoms with Gasteiger partial charge in [0.05, 0.1) is 5.69 Å². The second-order valence-electron chi connectivity index (χ2n) is 4.89. The molecular weight excluding hydrogens is 246 g/mol. The number of hydrogen-bond donors (Lipinski definition) is 0. The van der Waals surface area contributed by atoms with Gasteiger partial charge in [0.25, 0.3) is 0 Å². The lowest BCUT2D eigenvalue weighted by molar-refractivity contribution is -0.136. The molecule has 106 valence electrons. The van der Waals surface area contributed by atoms with Gasteiger partial charge in [0, 0.05) is 45.4 Å². The minimum Gasteiger partial charge on any atom is -0.375 e. The van der Waals surface area contributed by atoms with Crippen molar-refractivity contribution in [1.82, 2.24) is 15.0 Å². The Morgan fingerprint density at radius 2 is 2.00 bits per heavy atom. The van der Waals surface area contributed by atoms with Crippen molar-refractivity contribution in [3.63, 3.8) is 0 Å². The molecule has 1 fully saturated rings. The minimum atomic E-state index is 0.0690. The van der Waals surface area contributed by atoms with Crippen molar-refractivity contribution in [2.24, 2.45) is 0 Å². The summed E-state index contributed by atoms with van der Waals surface area (Å²) in [6.07, 6.45) is 0. The number of amides is 1. The Bertz CT molecular complexity index is 417. The van der Waals surface area contributed by atoms with Crippen LogP contribution in [0.3, 0.4) is 0 Å². The molecule has 1 aromatic heterocycles. The minimum absolute atomic E-state index is 0.0690. The van der Waals surface area contributed by atoms with Crippen LogP contribution in [-0.2, 0) is 16.1 Å². The summed E-state index contributed by atoms with van der Waals surface area (Å²) in [4.78, 5) is 15.9. The highest BCUT2D eigenvalue weighted by Crippen LogP contribution is 2.16. The van der Waals surface area contributed by atoms with E-state index in [1.54, 1.807) is 7.11 Å². The van der Waals surface area contributed by atoms with Crippen molar-refractivity contribution in [2.75, 3.05) is 39.9 Å². The van der Waals surface area contributed by atoms with Gasteiger partial charge in [0.1, 0.15) is 12.4 Å². The van der Waals surface area contributed by atoms with Gasteiger partial charge in [-0.25, -0.2) is 0 Å². The molecule has 0 bridgehead atoms. The van der Waals surface area contributed by atoms with Crippen LogP contribution >= 0.6 is 0 Å². The topological polar surface area (TPSA) is 58.8 Å². The van der Waals surface area contributed by atoms with Crippen LogP contribution in [0, 0.1) is 13.8 Å². The van der Waals surface area contributed by atoms with E-state index < -0.39 is 0 Å². The lowest BCUT2D eigenvalue weighted by Crippen LogP contribution is -2.49. The van der Waals surface area contributed by atoms with Crippen LogP contribution in [0.15, 0.2) is 4.52 Å². The molecule has 19 heavy (non-hydrogen) atoms. The van der Waals surface area contributed by atoms with Gasteiger partial charge in [-0.2, -0.15) is 0 Å². The summed E-state index contributed by atoms with van der Waals surface area (Å²) >= 11 is 0. The summed E-state index contributed by atoms with van der Waals surface area (Å²) < 4.78 is 10.0. The van der Waals surface area contributed by atoms with Gasteiger partial charge >= 0.3 is 0 Å². The van der Waals surface area contributed by atoms with E-state index in [9.17, 15) is 4.79 Å². The van der Waals surface area contributed by atoms with Crippen molar-refractivity contribution in [1.29, 1.82) is 0 Å². The monoisotopic (exact) mass is 267 g/mol. The van der Waals surface area contributed by atoms with Crippen molar-refractivity contribution in [2.45, 2.75) is 20.4 Å². The SMILES string of the molecule is COCC(=O)N1CCN(Cc2c(C)noc2C)CC1. The van der Waals surface area contributed by atoms with Crippen molar-refractivity contribution < 1.29 is 14.1 Å². The number of piperazine rings is 1. The summed E-state index contributed by atoms with van der Waals surface area (Å²) in [6, 6.07) is 0. The molecule has 0 spiro atoms. The van der Waals surface area contributed by atoms with Crippen LogP contribution in [0.2, 0.25) is 0 Å². The van der Waals surface area contributed by atoms with Crippen molar-refractivity contribution in [3.05, 3.63) is 17.0 Å². The standard InChI is InChI=1S/C13H21N3O3/c1-10-12(11(2)19-14-10)8-15-4-6-16(7-5-15)13(17)9-18-3/h4-9H2,1-3H3. The zero-order valence-corrected chi connectivity index (χ0v) is 11.8. The molecule has 0 aliphatic carbocycles. The lowest BCUT2D eigenvalue weighted by atomic mass is 10.2. The number of aromatic nitrogens is 1. The predicted molar refractivity (Wildman–Crippen MR) is 69.7 cm³/mol. The summed E-state index contributed by atoms with van der Waals surface area (Å²) in [6.45, 7) is 8.17. The quantitative estimate of drug-likeness (QED) is 0.799. The molecule has 1 saturated heterocycles. The molecule has 6 heteroatoms. The third-order valence-corrected chi connectivity index (χ3v) is 3.56. The summed E-state index contributed by atoms with van der Waals surface area (Å²) in [5, 5.41) is 3.97. The Labute approximate surface area is 113 Å². The smallest absolute Gasteiger partial charge is 0.248 e. The molecule has 0 atom stereocenters. The largest absolute Gasteiger partial charge is 0.375 e. The first-order chi connectivity index (χ1) is 9.11. The van der Waals surface area contributed by atoms with E-state index >= 15 is 0 Å². The third kappa shape index (κ3) is 3.33. The second-order valence-corrected chi connectivity index (χ2v) is 4.89. The summed E-state index contributed by atoms with van der Waals surface area (Å²) in [5.41, 5.74) is 2.12. The van der Waals surface area contributed by atoms with Crippen LogP contribution in [0.4, 0.5) is 0 Å². The zero-order chi connectivity index (χ0) is 13.8. The number of hydrogen-bond acceptors (Lipinski definition) is 5. The molecule has 0 saturated carbocycles. The average Bonchev–Trinajstić information content (AvgIpc) is 2.72. The number of ether oxygens (including phenoxy) is 1. The fourth-order valence-electron chi connectivity index (χ4n) is 2.32. The van der Waals surface area contributed by atoms with Gasteiger partial charge in [-0.05, 0) is 13.8 Å². The number of rotatable bonds is 4. The number of carbonyl (C=O) groups is 1. The first kappa shape index (κ1) is 14.0. The molecule has 2 rings (SSSR count). The summed E-state index contributed by atoms with van der Waals surface area (Å²) in [5.74, 6) is 0.954. The Balaban J connectivity index is 1.85. The van der Waals surface area contributed by atoms with E-state index in [0.717, 1.165) is 49.7 Å². The molecule has 0 aromatic carbocycles. The highest BCUT2D eigenvalue weighted by molar-refractivity contribution is 5.77. The van der Waals surface area contributed by atoms with Crippen LogP contribution in [0.5, 0.6) is 0 Å². The number of aryl methyl sites for hydroxylation is 2. The first-order valence-corrected chi connectivity index (χ1v) is 6.52. The molecule has 1 aliphatic rings. The molecule has 1 aliphatic heterocycles. The molecule has 0 radical (unpaired) electrons. The van der Waals surface area contributed by atoms with Crippen molar-refractivity contribution >= 4 is 5.91 Å². The maximum absolute atomic E-state index is 11.7. The van der Waals surface area contributed by atoms with Gasteiger partial charge < -0.3 is 14.2 Å². The number of methoxy groups -OCH3 is 1. The third-order valence-electron chi connectivity index (χ3n) is 3.56. The van der Waals surface area contributed by atoms with E-state index in [1.165, 1.54) is 0 Å². The maximum Gasteiger partial charge on any atom is 0.248 e. The van der Waals surface area contributed by atoms with Crippen LogP contribution < -0.4 is 0 Å². The van der Waals surface area contributed by atoms with Gasteiger partial charge in [-0.15, -0.1) is 0 Å². The first-order valence-electron chi connectivity index (χ1n) is 6.52. The molecule has 0 unspecified atom stereocenters. The van der Waals surface area contributed by atoms with Gasteiger partial charge in [-0.3, -0.25) is 9.69 Å². The maximum atomic E-state index is 11.7. The Kier molecular flexibility index (Phi) is 4.55. The Hall–Kier alpha value is -1.40. The van der Waals surface area contributed by atoms with Crippen LogP contribution in [0.25, 0.3) is 0 Å². The van der Waals surface area contributed by atoms with E-state index in [2.05, 4.69) is 10.1 Å². The lowest BCUT2D eigenvalue weighted by Gasteiger charge is -2.34. The molecule has 1 amide bonds. The highest BCUT2D eigenvalue weighted by Gasteiger charge is 2.22. The van der Waals surface area contributed by atoms with E-state index in [0.29, 0.717) is 0 Å². The fraction of sp³-hybridized carbons (Fsp3) is 0.692. The highest BCUT2D eigenvalue weighted by atomic mass is 16.5. The normalized spacial score (nSPS) is 16.9. The van der Waals surface area contributed by atoms with Gasteiger partial charge in [0.15, 0.2) is 0 Å². The average molecular weight is 267 g/mol. The molecule has 2 heterocycles. The van der Waals surface area contributed by atoms with Crippen LogP contribution in [-0.4, -0.2) is 60.8 Å². The fourth-order valence-corrected chi connectivity index (χ4v) is 2.32.